The highest BCUT2D eigenvalue weighted by atomic mass is 32.1. The second-order valence-electron chi connectivity index (χ2n) is 4.80. The van der Waals surface area contributed by atoms with Crippen molar-refractivity contribution in [1.82, 2.24) is 19.9 Å². The van der Waals surface area contributed by atoms with Crippen molar-refractivity contribution in [2.24, 2.45) is 0 Å². The minimum Gasteiger partial charge on any atom is -0.378 e. The zero-order chi connectivity index (χ0) is 15.2. The summed E-state index contributed by atoms with van der Waals surface area (Å²) < 4.78 is 5.25. The van der Waals surface area contributed by atoms with Gasteiger partial charge >= 0.3 is 0 Å². The van der Waals surface area contributed by atoms with Crippen LogP contribution >= 0.6 is 11.3 Å². The molecule has 3 heterocycles. The monoisotopic (exact) mass is 319 g/mol. The number of ether oxygens (including phenoxy) is 1. The summed E-state index contributed by atoms with van der Waals surface area (Å²) in [7, 11) is 0. The number of anilines is 1. The molecule has 1 aliphatic rings. The fourth-order valence-corrected chi connectivity index (χ4v) is 2.78. The zero-order valence-corrected chi connectivity index (χ0v) is 12.9. The third-order valence-electron chi connectivity index (χ3n) is 3.28. The van der Waals surface area contributed by atoms with E-state index in [2.05, 4.69) is 20.3 Å². The minimum atomic E-state index is -0.0978. The van der Waals surface area contributed by atoms with E-state index in [1.54, 1.807) is 28.6 Å². The van der Waals surface area contributed by atoms with Crippen LogP contribution in [0.3, 0.4) is 0 Å². The molecule has 1 fully saturated rings. The van der Waals surface area contributed by atoms with Gasteiger partial charge in [-0.05, 0) is 0 Å². The number of thiazole rings is 1. The highest BCUT2D eigenvalue weighted by molar-refractivity contribution is 7.09. The van der Waals surface area contributed by atoms with Crippen molar-refractivity contribution in [1.29, 1.82) is 0 Å². The molecule has 7 nitrogen and oxygen atoms in total. The summed E-state index contributed by atoms with van der Waals surface area (Å²) in [6.45, 7) is 3.05. The van der Waals surface area contributed by atoms with Crippen molar-refractivity contribution in [3.05, 3.63) is 34.7 Å². The van der Waals surface area contributed by atoms with Crippen LogP contribution in [0.5, 0.6) is 0 Å². The van der Waals surface area contributed by atoms with E-state index in [0.29, 0.717) is 44.4 Å². The van der Waals surface area contributed by atoms with Crippen molar-refractivity contribution in [3.63, 3.8) is 0 Å². The lowest BCUT2D eigenvalue weighted by molar-refractivity contribution is 0.0299. The summed E-state index contributed by atoms with van der Waals surface area (Å²) in [5.41, 5.74) is 0.362. The summed E-state index contributed by atoms with van der Waals surface area (Å²) in [6.07, 6.45) is 5.74. The standard InChI is InChI=1S/C14H17N5O2S/c20-14(19-4-6-21-7-5-19)11-9-15-10-12(18-11)16-2-1-13-17-3-8-22-13/h3,8-10H,1-2,4-7H2,(H,16,18). The van der Waals surface area contributed by atoms with Gasteiger partial charge in [0.25, 0.3) is 5.91 Å². The van der Waals surface area contributed by atoms with Gasteiger partial charge in [0.05, 0.1) is 30.6 Å². The summed E-state index contributed by atoms with van der Waals surface area (Å²) in [5, 5.41) is 6.20. The predicted octanol–water partition coefficient (Wildman–Crippen LogP) is 1.06. The number of morpholine rings is 1. The van der Waals surface area contributed by atoms with E-state index in [1.165, 1.54) is 6.20 Å². The molecule has 0 atom stereocenters. The third kappa shape index (κ3) is 3.77. The van der Waals surface area contributed by atoms with Crippen LogP contribution in [-0.2, 0) is 11.2 Å². The predicted molar refractivity (Wildman–Crippen MR) is 83.1 cm³/mol. The Labute approximate surface area is 132 Å². The zero-order valence-electron chi connectivity index (χ0n) is 12.1. The summed E-state index contributed by atoms with van der Waals surface area (Å²) in [5.74, 6) is 0.509. The molecule has 2 aromatic heterocycles. The van der Waals surface area contributed by atoms with Gasteiger partial charge in [0.15, 0.2) is 0 Å². The molecule has 8 heteroatoms. The first-order valence-electron chi connectivity index (χ1n) is 7.14. The lowest BCUT2D eigenvalue weighted by atomic mass is 10.3. The second kappa shape index (κ2) is 7.28. The van der Waals surface area contributed by atoms with Crippen LogP contribution in [0.15, 0.2) is 24.0 Å². The molecule has 22 heavy (non-hydrogen) atoms. The highest BCUT2D eigenvalue weighted by Crippen LogP contribution is 2.09. The van der Waals surface area contributed by atoms with Crippen LogP contribution in [0.4, 0.5) is 5.82 Å². The molecule has 0 spiro atoms. The van der Waals surface area contributed by atoms with E-state index in [-0.39, 0.29) is 5.91 Å². The Hall–Kier alpha value is -2.06. The van der Waals surface area contributed by atoms with Crippen molar-refractivity contribution in [3.8, 4) is 0 Å². The largest absolute Gasteiger partial charge is 0.378 e. The average Bonchev–Trinajstić information content (AvgIpc) is 3.09. The molecular weight excluding hydrogens is 302 g/mol. The van der Waals surface area contributed by atoms with Crippen LogP contribution in [0, 0.1) is 0 Å². The molecule has 0 radical (unpaired) electrons. The number of aromatic nitrogens is 3. The van der Waals surface area contributed by atoms with E-state index in [9.17, 15) is 4.79 Å². The number of carbonyl (C=O) groups is 1. The molecule has 0 unspecified atom stereocenters. The topological polar surface area (TPSA) is 80.2 Å². The first kappa shape index (κ1) is 14.9. The van der Waals surface area contributed by atoms with Crippen molar-refractivity contribution in [2.45, 2.75) is 6.42 Å². The normalized spacial score (nSPS) is 14.8. The number of carbonyl (C=O) groups excluding carboxylic acids is 1. The third-order valence-corrected chi connectivity index (χ3v) is 4.12. The number of amides is 1. The van der Waals surface area contributed by atoms with Crippen LogP contribution < -0.4 is 5.32 Å². The molecule has 1 aliphatic heterocycles. The van der Waals surface area contributed by atoms with Crippen molar-refractivity contribution in [2.75, 3.05) is 38.2 Å². The molecule has 3 rings (SSSR count). The average molecular weight is 319 g/mol. The summed E-state index contributed by atoms with van der Waals surface area (Å²) >= 11 is 1.63. The van der Waals surface area contributed by atoms with Crippen LogP contribution in [0.2, 0.25) is 0 Å². The number of hydrogen-bond acceptors (Lipinski definition) is 7. The number of rotatable bonds is 5. The Morgan fingerprint density at radius 3 is 3.00 bits per heavy atom. The Balaban J connectivity index is 1.58. The number of nitrogens with zero attached hydrogens (tertiary/aromatic N) is 4. The quantitative estimate of drug-likeness (QED) is 0.887. The Bertz CT molecular complexity index is 613. The number of nitrogens with one attached hydrogen (secondary N) is 1. The van der Waals surface area contributed by atoms with Gasteiger partial charge in [-0.25, -0.2) is 9.97 Å². The molecule has 116 valence electrons. The SMILES string of the molecule is O=C(c1cncc(NCCc2nccs2)n1)N1CCOCC1. The van der Waals surface area contributed by atoms with Crippen LogP contribution in [0.25, 0.3) is 0 Å². The molecule has 0 aliphatic carbocycles. The summed E-state index contributed by atoms with van der Waals surface area (Å²) in [4.78, 5) is 26.8. The lowest BCUT2D eigenvalue weighted by Gasteiger charge is -2.26. The molecule has 0 bridgehead atoms. The van der Waals surface area contributed by atoms with Crippen LogP contribution in [-0.4, -0.2) is 58.6 Å². The van der Waals surface area contributed by atoms with Gasteiger partial charge in [0, 0.05) is 37.6 Å². The van der Waals surface area contributed by atoms with E-state index in [0.717, 1.165) is 11.4 Å². The molecular formula is C14H17N5O2S. The molecule has 0 aromatic carbocycles. The van der Waals surface area contributed by atoms with Gasteiger partial charge in [0.2, 0.25) is 0 Å². The summed E-state index contributed by atoms with van der Waals surface area (Å²) in [6, 6.07) is 0. The first-order chi connectivity index (χ1) is 10.8. The fourth-order valence-electron chi connectivity index (χ4n) is 2.16. The van der Waals surface area contributed by atoms with E-state index >= 15 is 0 Å². The van der Waals surface area contributed by atoms with Gasteiger partial charge in [-0.2, -0.15) is 0 Å². The lowest BCUT2D eigenvalue weighted by Crippen LogP contribution is -2.41. The first-order valence-corrected chi connectivity index (χ1v) is 8.02. The van der Waals surface area contributed by atoms with Gasteiger partial charge in [-0.15, -0.1) is 11.3 Å². The Kier molecular flexibility index (Phi) is 4.92. The van der Waals surface area contributed by atoms with E-state index < -0.39 is 0 Å². The van der Waals surface area contributed by atoms with E-state index in [4.69, 9.17) is 4.74 Å². The maximum atomic E-state index is 12.3. The smallest absolute Gasteiger partial charge is 0.274 e. The molecule has 1 saturated heterocycles. The van der Waals surface area contributed by atoms with Gasteiger partial charge in [-0.3, -0.25) is 9.78 Å². The fraction of sp³-hybridized carbons (Fsp3) is 0.429. The van der Waals surface area contributed by atoms with Crippen LogP contribution in [0.1, 0.15) is 15.5 Å². The van der Waals surface area contributed by atoms with Gasteiger partial charge in [0.1, 0.15) is 11.5 Å². The Morgan fingerprint density at radius 2 is 2.23 bits per heavy atom. The van der Waals surface area contributed by atoms with E-state index in [1.807, 2.05) is 5.38 Å². The maximum absolute atomic E-state index is 12.3. The van der Waals surface area contributed by atoms with Gasteiger partial charge < -0.3 is 15.0 Å². The molecule has 1 amide bonds. The van der Waals surface area contributed by atoms with Gasteiger partial charge in [-0.1, -0.05) is 0 Å². The molecule has 1 N–H and O–H groups in total. The number of hydrogen-bond donors (Lipinski definition) is 1. The molecule has 2 aromatic rings. The minimum absolute atomic E-state index is 0.0978. The Morgan fingerprint density at radius 1 is 1.36 bits per heavy atom. The molecule has 0 saturated carbocycles. The second-order valence-corrected chi connectivity index (χ2v) is 5.78. The maximum Gasteiger partial charge on any atom is 0.274 e. The highest BCUT2D eigenvalue weighted by Gasteiger charge is 2.20. The van der Waals surface area contributed by atoms with Crippen molar-refractivity contribution < 1.29 is 9.53 Å². The van der Waals surface area contributed by atoms with Crippen molar-refractivity contribution >= 4 is 23.1 Å².